The number of hydrogen-bond acceptors (Lipinski definition) is 9. The smallest absolute Gasteiger partial charge is 0.302 e. The number of esters is 2. The van der Waals surface area contributed by atoms with Crippen LogP contribution in [0.2, 0.25) is 0 Å². The van der Waals surface area contributed by atoms with Gasteiger partial charge in [-0.15, -0.1) is 0 Å². The van der Waals surface area contributed by atoms with Gasteiger partial charge in [-0.2, -0.15) is 0 Å². The standard InChI is InChI=1S/C17H31NO8/c1-10(19)25-8-12-14(21-4)16(23-6)17(24-7)15(22-5)13(18(12)3)9-26-11(2)20/h12-17H,8-9H2,1-7H3/t12-,13+,14+,15-,16-,17+. The van der Waals surface area contributed by atoms with Gasteiger partial charge >= 0.3 is 11.9 Å². The van der Waals surface area contributed by atoms with E-state index < -0.39 is 36.4 Å². The molecule has 9 nitrogen and oxygen atoms in total. The van der Waals surface area contributed by atoms with Crippen LogP contribution in [-0.4, -0.2) is 102 Å². The van der Waals surface area contributed by atoms with Gasteiger partial charge in [0.05, 0.1) is 12.1 Å². The van der Waals surface area contributed by atoms with Gasteiger partial charge in [-0.05, 0) is 7.05 Å². The Balaban J connectivity index is 3.29. The third-order valence-corrected chi connectivity index (χ3v) is 4.78. The Hall–Kier alpha value is -1.26. The van der Waals surface area contributed by atoms with Crippen molar-refractivity contribution in [3.05, 3.63) is 0 Å². The highest BCUT2D eigenvalue weighted by atomic mass is 16.6. The first-order chi connectivity index (χ1) is 12.3. The number of likely N-dealkylation sites (tertiary alicyclic amines) is 1. The Morgan fingerprint density at radius 2 is 1.00 bits per heavy atom. The van der Waals surface area contributed by atoms with Gasteiger partial charge in [-0.1, -0.05) is 0 Å². The highest BCUT2D eigenvalue weighted by Gasteiger charge is 2.50. The minimum absolute atomic E-state index is 0.0909. The molecule has 0 aromatic heterocycles. The highest BCUT2D eigenvalue weighted by molar-refractivity contribution is 5.66. The predicted octanol–water partition coefficient (Wildman–Crippen LogP) is -0.145. The summed E-state index contributed by atoms with van der Waals surface area (Å²) in [7, 11) is 8.08. The van der Waals surface area contributed by atoms with Crippen molar-refractivity contribution in [1.29, 1.82) is 0 Å². The van der Waals surface area contributed by atoms with E-state index in [1.54, 1.807) is 28.4 Å². The van der Waals surface area contributed by atoms with Gasteiger partial charge in [-0.25, -0.2) is 0 Å². The zero-order chi connectivity index (χ0) is 19.9. The van der Waals surface area contributed by atoms with Crippen LogP contribution in [0.1, 0.15) is 13.8 Å². The van der Waals surface area contributed by atoms with Crippen molar-refractivity contribution in [2.24, 2.45) is 0 Å². The largest absolute Gasteiger partial charge is 0.464 e. The van der Waals surface area contributed by atoms with Crippen LogP contribution in [0.4, 0.5) is 0 Å². The average molecular weight is 377 g/mol. The van der Waals surface area contributed by atoms with Gasteiger partial charge in [0.15, 0.2) is 0 Å². The minimum atomic E-state index is -0.486. The number of carbonyl (C=O) groups is 2. The molecule has 0 radical (unpaired) electrons. The summed E-state index contributed by atoms with van der Waals surface area (Å²) in [5.41, 5.74) is 0. The van der Waals surface area contributed by atoms with Crippen LogP contribution in [0, 0.1) is 0 Å². The number of ether oxygens (including phenoxy) is 6. The second-order valence-corrected chi connectivity index (χ2v) is 6.21. The highest BCUT2D eigenvalue weighted by Crippen LogP contribution is 2.29. The molecule has 0 saturated carbocycles. The van der Waals surface area contributed by atoms with Crippen LogP contribution in [0.15, 0.2) is 0 Å². The lowest BCUT2D eigenvalue weighted by atomic mass is 9.98. The fourth-order valence-electron chi connectivity index (χ4n) is 3.47. The molecule has 0 aliphatic carbocycles. The van der Waals surface area contributed by atoms with E-state index in [0.717, 1.165) is 0 Å². The Morgan fingerprint density at radius 3 is 1.23 bits per heavy atom. The predicted molar refractivity (Wildman–Crippen MR) is 91.8 cm³/mol. The van der Waals surface area contributed by atoms with E-state index in [0.29, 0.717) is 0 Å². The van der Waals surface area contributed by atoms with E-state index in [4.69, 9.17) is 28.4 Å². The summed E-state index contributed by atoms with van der Waals surface area (Å²) in [5.74, 6) is -0.788. The van der Waals surface area contributed by atoms with Crippen molar-refractivity contribution >= 4 is 11.9 Å². The number of hydrogen-bond donors (Lipinski definition) is 0. The maximum absolute atomic E-state index is 11.3. The van der Waals surface area contributed by atoms with Crippen molar-refractivity contribution < 1.29 is 38.0 Å². The van der Waals surface area contributed by atoms with E-state index in [1.165, 1.54) is 13.8 Å². The van der Waals surface area contributed by atoms with Gasteiger partial charge in [0.1, 0.15) is 37.6 Å². The topological polar surface area (TPSA) is 92.8 Å². The molecule has 1 saturated heterocycles. The van der Waals surface area contributed by atoms with Crippen molar-refractivity contribution in [2.45, 2.75) is 50.3 Å². The van der Waals surface area contributed by atoms with Gasteiger partial charge in [0.2, 0.25) is 0 Å². The van der Waals surface area contributed by atoms with Crippen molar-refractivity contribution in [1.82, 2.24) is 4.90 Å². The normalized spacial score (nSPS) is 32.7. The Labute approximate surface area is 154 Å². The quantitative estimate of drug-likeness (QED) is 0.536. The third kappa shape index (κ3) is 5.37. The molecule has 6 atom stereocenters. The van der Waals surface area contributed by atoms with E-state index in [2.05, 4.69) is 0 Å². The summed E-state index contributed by atoms with van der Waals surface area (Å²) in [5, 5.41) is 0. The molecule has 0 N–H and O–H groups in total. The molecule has 0 spiro atoms. The maximum Gasteiger partial charge on any atom is 0.302 e. The molecule has 152 valence electrons. The van der Waals surface area contributed by atoms with Gasteiger partial charge in [0, 0.05) is 42.3 Å². The van der Waals surface area contributed by atoms with Gasteiger partial charge in [-0.3, -0.25) is 14.5 Å². The molecule has 1 aliphatic rings. The SMILES string of the molecule is CO[C@@H]1[C@H](OC)[C@@H](OC)[C@@H](COC(C)=O)N(C)[C@@H](COC(C)=O)[C@H]1OC. The molecule has 0 bridgehead atoms. The second kappa shape index (κ2) is 10.8. The van der Waals surface area contributed by atoms with Crippen LogP contribution in [-0.2, 0) is 38.0 Å². The fourth-order valence-corrected chi connectivity index (χ4v) is 3.47. The molecule has 0 amide bonds. The summed E-state index contributed by atoms with van der Waals surface area (Å²) in [6.07, 6.45) is -1.90. The molecule has 1 fully saturated rings. The van der Waals surface area contributed by atoms with Crippen molar-refractivity contribution in [3.8, 4) is 0 Å². The molecule has 0 aromatic carbocycles. The van der Waals surface area contributed by atoms with Crippen LogP contribution in [0.5, 0.6) is 0 Å². The molecule has 1 aliphatic heterocycles. The first kappa shape index (κ1) is 22.8. The first-order valence-corrected chi connectivity index (χ1v) is 8.42. The Kier molecular flexibility index (Phi) is 9.45. The number of methoxy groups -OCH3 is 4. The summed E-state index contributed by atoms with van der Waals surface area (Å²) in [4.78, 5) is 24.6. The van der Waals surface area contributed by atoms with E-state index >= 15 is 0 Å². The molecule has 1 rings (SSSR count). The van der Waals surface area contributed by atoms with Gasteiger partial charge < -0.3 is 28.4 Å². The van der Waals surface area contributed by atoms with E-state index in [-0.39, 0.29) is 25.3 Å². The van der Waals surface area contributed by atoms with Crippen LogP contribution >= 0.6 is 0 Å². The number of carbonyl (C=O) groups excluding carboxylic acids is 2. The molecule has 0 aromatic rings. The Morgan fingerprint density at radius 1 is 0.692 bits per heavy atom. The zero-order valence-electron chi connectivity index (χ0n) is 16.6. The molecule has 1 heterocycles. The number of nitrogens with zero attached hydrogens (tertiary/aromatic N) is 1. The summed E-state index contributed by atoms with van der Waals surface area (Å²) < 4.78 is 33.2. The molecular formula is C17H31NO8. The monoisotopic (exact) mass is 377 g/mol. The number of likely N-dealkylation sites (N-methyl/N-ethyl adjacent to an activating group) is 1. The summed E-state index contributed by atoms with van der Waals surface area (Å²) >= 11 is 0. The molecule has 9 heteroatoms. The fraction of sp³-hybridized carbons (Fsp3) is 0.882. The lowest BCUT2D eigenvalue weighted by molar-refractivity contribution is -0.155. The lowest BCUT2D eigenvalue weighted by Gasteiger charge is -2.37. The lowest BCUT2D eigenvalue weighted by Crippen LogP contribution is -2.54. The first-order valence-electron chi connectivity index (χ1n) is 8.42. The molecular weight excluding hydrogens is 346 g/mol. The van der Waals surface area contributed by atoms with E-state index in [9.17, 15) is 9.59 Å². The minimum Gasteiger partial charge on any atom is -0.464 e. The molecule has 0 unspecified atom stereocenters. The number of rotatable bonds is 8. The summed E-state index contributed by atoms with van der Waals surface area (Å²) in [6.45, 7) is 2.87. The second-order valence-electron chi connectivity index (χ2n) is 6.21. The van der Waals surface area contributed by atoms with Crippen LogP contribution in [0.3, 0.4) is 0 Å². The zero-order valence-corrected chi connectivity index (χ0v) is 16.6. The maximum atomic E-state index is 11.3. The van der Waals surface area contributed by atoms with E-state index in [1.807, 2.05) is 11.9 Å². The van der Waals surface area contributed by atoms with Crippen LogP contribution in [0.25, 0.3) is 0 Å². The van der Waals surface area contributed by atoms with Gasteiger partial charge in [0.25, 0.3) is 0 Å². The van der Waals surface area contributed by atoms with Crippen molar-refractivity contribution in [3.63, 3.8) is 0 Å². The average Bonchev–Trinajstić information content (AvgIpc) is 2.69. The Bertz CT molecular complexity index is 420. The van der Waals surface area contributed by atoms with Crippen LogP contribution < -0.4 is 0 Å². The summed E-state index contributed by atoms with van der Waals surface area (Å²) in [6, 6.07) is -0.709. The van der Waals surface area contributed by atoms with Crippen molar-refractivity contribution in [2.75, 3.05) is 48.7 Å². The molecule has 26 heavy (non-hydrogen) atoms. The third-order valence-electron chi connectivity index (χ3n) is 4.78.